The first-order chi connectivity index (χ1) is 5.31. The summed E-state index contributed by atoms with van der Waals surface area (Å²) in [4.78, 5) is 10.6. The zero-order chi connectivity index (χ0) is 9.11. The maximum atomic E-state index is 10.6. The smallest absolute Gasteiger partial charge is 0.220 e. The van der Waals surface area contributed by atoms with Crippen LogP contribution in [0.4, 0.5) is 0 Å². The lowest BCUT2D eigenvalue weighted by Crippen LogP contribution is -2.28. The summed E-state index contributed by atoms with van der Waals surface area (Å²) in [6.45, 7) is 7.09. The van der Waals surface area contributed by atoms with E-state index >= 15 is 0 Å². The third-order valence-electron chi connectivity index (χ3n) is 0.944. The summed E-state index contributed by atoms with van der Waals surface area (Å²) in [6.07, 6.45) is 1.51. The maximum Gasteiger partial charge on any atom is 0.220 e. The quantitative estimate of drug-likeness (QED) is 0.641. The van der Waals surface area contributed by atoms with Gasteiger partial charge in [-0.3, -0.25) is 4.79 Å². The number of hydrogen-bond donors (Lipinski definition) is 2. The van der Waals surface area contributed by atoms with Crippen molar-refractivity contribution < 1.29 is 4.79 Å². The number of rotatable bonds is 4. The highest BCUT2D eigenvalue weighted by molar-refractivity contribution is 5.75. The minimum Gasteiger partial charge on any atom is -0.355 e. The summed E-state index contributed by atoms with van der Waals surface area (Å²) in [5, 5.41) is 2.67. The third kappa shape index (κ3) is 12.6. The van der Waals surface area contributed by atoms with Gasteiger partial charge >= 0.3 is 0 Å². The Bertz CT molecular complexity index is 84.2. The van der Waals surface area contributed by atoms with Gasteiger partial charge in [-0.1, -0.05) is 20.8 Å². The van der Waals surface area contributed by atoms with E-state index in [4.69, 9.17) is 5.73 Å². The molecule has 0 aromatic heterocycles. The second-order valence-corrected chi connectivity index (χ2v) is 1.89. The molecule has 68 valence electrons. The Hall–Kier alpha value is -0.570. The van der Waals surface area contributed by atoms with E-state index in [9.17, 15) is 4.79 Å². The van der Waals surface area contributed by atoms with E-state index in [1.165, 1.54) is 0 Å². The summed E-state index contributed by atoms with van der Waals surface area (Å²) < 4.78 is 0. The van der Waals surface area contributed by atoms with Crippen LogP contribution in [-0.2, 0) is 4.79 Å². The number of nitrogens with two attached hydrogens (primary N) is 1. The molecule has 11 heavy (non-hydrogen) atoms. The monoisotopic (exact) mass is 160 g/mol. The SMILES string of the molecule is CC.CCCC(=O)NCCN. The van der Waals surface area contributed by atoms with E-state index in [0.717, 1.165) is 6.42 Å². The Morgan fingerprint density at radius 1 is 1.45 bits per heavy atom. The molecule has 0 fully saturated rings. The van der Waals surface area contributed by atoms with E-state index in [1.807, 2.05) is 20.8 Å². The van der Waals surface area contributed by atoms with Crippen molar-refractivity contribution in [1.82, 2.24) is 5.32 Å². The van der Waals surface area contributed by atoms with Crippen LogP contribution in [0, 0.1) is 0 Å². The van der Waals surface area contributed by atoms with Crippen LogP contribution >= 0.6 is 0 Å². The third-order valence-corrected chi connectivity index (χ3v) is 0.944. The molecule has 0 unspecified atom stereocenters. The van der Waals surface area contributed by atoms with Crippen LogP contribution in [0.3, 0.4) is 0 Å². The molecular formula is C8H20N2O. The molecule has 3 N–H and O–H groups in total. The largest absolute Gasteiger partial charge is 0.355 e. The molecule has 0 aliphatic heterocycles. The Kier molecular flexibility index (Phi) is 14.4. The summed E-state index contributed by atoms with van der Waals surface area (Å²) in [7, 11) is 0. The molecule has 0 rings (SSSR count). The van der Waals surface area contributed by atoms with Crippen LogP contribution in [0.5, 0.6) is 0 Å². The number of amides is 1. The van der Waals surface area contributed by atoms with Gasteiger partial charge in [0.1, 0.15) is 0 Å². The predicted octanol–water partition coefficient (Wildman–Crippen LogP) is 0.888. The minimum atomic E-state index is 0.1000. The molecule has 0 spiro atoms. The van der Waals surface area contributed by atoms with Crippen LogP contribution in [0.25, 0.3) is 0 Å². The van der Waals surface area contributed by atoms with Crippen LogP contribution in [-0.4, -0.2) is 19.0 Å². The van der Waals surface area contributed by atoms with E-state index < -0.39 is 0 Å². The molecule has 0 aliphatic carbocycles. The van der Waals surface area contributed by atoms with Gasteiger partial charge in [0.05, 0.1) is 0 Å². The number of carbonyl (C=O) groups excluding carboxylic acids is 1. The molecule has 0 bridgehead atoms. The summed E-state index contributed by atoms with van der Waals surface area (Å²) in [5.41, 5.74) is 5.16. The van der Waals surface area contributed by atoms with Gasteiger partial charge in [-0.15, -0.1) is 0 Å². The van der Waals surface area contributed by atoms with Gasteiger partial charge in [0.15, 0.2) is 0 Å². The van der Waals surface area contributed by atoms with Crippen LogP contribution in [0.15, 0.2) is 0 Å². The molecule has 0 atom stereocenters. The summed E-state index contributed by atoms with van der Waals surface area (Å²) >= 11 is 0. The predicted molar refractivity (Wildman–Crippen MR) is 48.3 cm³/mol. The second kappa shape index (κ2) is 12.1. The average molecular weight is 160 g/mol. The number of carbonyl (C=O) groups is 1. The fourth-order valence-electron chi connectivity index (χ4n) is 0.527. The second-order valence-electron chi connectivity index (χ2n) is 1.89. The van der Waals surface area contributed by atoms with Gasteiger partial charge in [0.25, 0.3) is 0 Å². The van der Waals surface area contributed by atoms with Crippen LogP contribution in [0.1, 0.15) is 33.6 Å². The first-order valence-electron chi connectivity index (χ1n) is 4.28. The molecule has 0 saturated carbocycles. The highest BCUT2D eigenvalue weighted by Gasteiger charge is 1.94. The molecule has 0 radical (unpaired) electrons. The van der Waals surface area contributed by atoms with Crippen molar-refractivity contribution in [2.24, 2.45) is 5.73 Å². The first-order valence-corrected chi connectivity index (χ1v) is 4.28. The van der Waals surface area contributed by atoms with E-state index in [2.05, 4.69) is 5.32 Å². The van der Waals surface area contributed by atoms with Crippen molar-refractivity contribution in [3.05, 3.63) is 0 Å². The van der Waals surface area contributed by atoms with Crippen molar-refractivity contribution in [3.63, 3.8) is 0 Å². The lowest BCUT2D eigenvalue weighted by molar-refractivity contribution is -0.121. The summed E-state index contributed by atoms with van der Waals surface area (Å²) in [6, 6.07) is 0. The topological polar surface area (TPSA) is 55.1 Å². The van der Waals surface area contributed by atoms with Gasteiger partial charge in [0, 0.05) is 19.5 Å². The normalized spacial score (nSPS) is 8.00. The average Bonchev–Trinajstić information content (AvgIpc) is 2.05. The zero-order valence-electron chi connectivity index (χ0n) is 7.81. The molecule has 0 aliphatic rings. The van der Waals surface area contributed by atoms with Gasteiger partial charge in [-0.05, 0) is 6.42 Å². The Balaban J connectivity index is 0. The molecule has 0 saturated heterocycles. The molecule has 1 amide bonds. The fourth-order valence-corrected chi connectivity index (χ4v) is 0.527. The van der Waals surface area contributed by atoms with Gasteiger partial charge in [-0.25, -0.2) is 0 Å². The molecule has 0 aromatic rings. The highest BCUT2D eigenvalue weighted by Crippen LogP contribution is 1.83. The molecule has 3 nitrogen and oxygen atoms in total. The van der Waals surface area contributed by atoms with Gasteiger partial charge < -0.3 is 11.1 Å². The standard InChI is InChI=1S/C6H14N2O.C2H6/c1-2-3-6(9)8-5-4-7;1-2/h2-5,7H2,1H3,(H,8,9);1-2H3. The summed E-state index contributed by atoms with van der Waals surface area (Å²) in [5.74, 6) is 0.1000. The van der Waals surface area contributed by atoms with Gasteiger partial charge in [0.2, 0.25) is 5.91 Å². The van der Waals surface area contributed by atoms with E-state index in [-0.39, 0.29) is 5.91 Å². The zero-order valence-corrected chi connectivity index (χ0v) is 7.81. The minimum absolute atomic E-state index is 0.1000. The lowest BCUT2D eigenvalue weighted by atomic mass is 10.3. The maximum absolute atomic E-state index is 10.6. The van der Waals surface area contributed by atoms with Crippen molar-refractivity contribution in [2.75, 3.05) is 13.1 Å². The van der Waals surface area contributed by atoms with Crippen LogP contribution < -0.4 is 11.1 Å². The number of hydrogen-bond acceptors (Lipinski definition) is 2. The first kappa shape index (κ1) is 13.1. The Morgan fingerprint density at radius 3 is 2.36 bits per heavy atom. The van der Waals surface area contributed by atoms with Gasteiger partial charge in [-0.2, -0.15) is 0 Å². The van der Waals surface area contributed by atoms with Crippen molar-refractivity contribution in [1.29, 1.82) is 0 Å². The molecule has 0 aromatic carbocycles. The fraction of sp³-hybridized carbons (Fsp3) is 0.875. The van der Waals surface area contributed by atoms with E-state index in [0.29, 0.717) is 19.5 Å². The van der Waals surface area contributed by atoms with Crippen LogP contribution in [0.2, 0.25) is 0 Å². The molecule has 0 heterocycles. The van der Waals surface area contributed by atoms with Crippen molar-refractivity contribution >= 4 is 5.91 Å². The molecule has 3 heteroatoms. The van der Waals surface area contributed by atoms with Crippen molar-refractivity contribution in [2.45, 2.75) is 33.6 Å². The van der Waals surface area contributed by atoms with Crippen molar-refractivity contribution in [3.8, 4) is 0 Å². The Labute approximate surface area is 69.4 Å². The highest BCUT2D eigenvalue weighted by atomic mass is 16.1. The van der Waals surface area contributed by atoms with E-state index in [1.54, 1.807) is 0 Å². The number of nitrogens with one attached hydrogen (secondary N) is 1. The molecular weight excluding hydrogens is 140 g/mol. The lowest BCUT2D eigenvalue weighted by Gasteiger charge is -1.99. The Morgan fingerprint density at radius 2 is 2.00 bits per heavy atom.